The van der Waals surface area contributed by atoms with E-state index in [9.17, 15) is 14.4 Å². The second-order valence-electron chi connectivity index (χ2n) is 7.57. The van der Waals surface area contributed by atoms with Gasteiger partial charge in [-0.1, -0.05) is 78.9 Å². The van der Waals surface area contributed by atoms with Gasteiger partial charge in [0.25, 0.3) is 5.91 Å². The molecule has 0 aliphatic rings. The van der Waals surface area contributed by atoms with Crippen LogP contribution in [0.15, 0.2) is 91.0 Å². The Hall–Kier alpha value is -3.97. The Bertz CT molecular complexity index is 1040. The van der Waals surface area contributed by atoms with Crippen molar-refractivity contribution < 1.29 is 23.9 Å². The molecular formula is C27H28N2O5. The summed E-state index contributed by atoms with van der Waals surface area (Å²) in [5.74, 6) is -1.30. The van der Waals surface area contributed by atoms with Crippen LogP contribution < -0.4 is 10.6 Å². The minimum atomic E-state index is -0.902. The summed E-state index contributed by atoms with van der Waals surface area (Å²) in [6.45, 7) is 0.769. The van der Waals surface area contributed by atoms with Crippen LogP contribution in [0.4, 0.5) is 0 Å². The average Bonchev–Trinajstić information content (AvgIpc) is 2.89. The van der Waals surface area contributed by atoms with Crippen molar-refractivity contribution in [1.29, 1.82) is 0 Å². The molecule has 176 valence electrons. The fourth-order valence-corrected chi connectivity index (χ4v) is 3.15. The van der Waals surface area contributed by atoms with E-state index < -0.39 is 18.0 Å². The number of hydrogen-bond acceptors (Lipinski definition) is 6. The molecule has 0 unspecified atom stereocenters. The van der Waals surface area contributed by atoms with Crippen LogP contribution >= 0.6 is 0 Å². The van der Waals surface area contributed by atoms with Crippen LogP contribution in [0.1, 0.15) is 27.9 Å². The molecule has 1 amide bonds. The van der Waals surface area contributed by atoms with Crippen LogP contribution in [0.3, 0.4) is 0 Å². The second kappa shape index (κ2) is 13.5. The Morgan fingerprint density at radius 1 is 0.676 bits per heavy atom. The van der Waals surface area contributed by atoms with Gasteiger partial charge in [-0.2, -0.15) is 0 Å². The molecule has 1 atom stereocenters. The SMILES string of the molecule is O=C(C[C@H](NCCNC(=O)c1ccccc1)C(=O)OCc1ccccc1)OCc1ccccc1. The number of nitrogens with one attached hydrogen (secondary N) is 2. The van der Waals surface area contributed by atoms with E-state index in [1.54, 1.807) is 24.3 Å². The minimum absolute atomic E-state index is 0.0989. The third-order valence-corrected chi connectivity index (χ3v) is 4.96. The molecule has 0 heterocycles. The highest BCUT2D eigenvalue weighted by atomic mass is 16.5. The van der Waals surface area contributed by atoms with E-state index in [1.165, 1.54) is 0 Å². The molecule has 34 heavy (non-hydrogen) atoms. The summed E-state index contributed by atoms with van der Waals surface area (Å²) in [6, 6.07) is 26.5. The first-order valence-electron chi connectivity index (χ1n) is 11.1. The lowest BCUT2D eigenvalue weighted by atomic mass is 10.2. The van der Waals surface area contributed by atoms with Gasteiger partial charge in [-0.25, -0.2) is 0 Å². The zero-order valence-electron chi connectivity index (χ0n) is 18.8. The number of rotatable bonds is 12. The van der Waals surface area contributed by atoms with E-state index in [0.29, 0.717) is 5.56 Å². The predicted octanol–water partition coefficient (Wildman–Crippen LogP) is 3.25. The van der Waals surface area contributed by atoms with Crippen molar-refractivity contribution in [2.45, 2.75) is 25.7 Å². The highest BCUT2D eigenvalue weighted by molar-refractivity contribution is 5.94. The van der Waals surface area contributed by atoms with Crippen LogP contribution in [0.2, 0.25) is 0 Å². The van der Waals surface area contributed by atoms with Crippen molar-refractivity contribution in [3.63, 3.8) is 0 Å². The van der Waals surface area contributed by atoms with E-state index in [0.717, 1.165) is 11.1 Å². The number of benzene rings is 3. The normalized spacial score (nSPS) is 11.3. The lowest BCUT2D eigenvalue weighted by Crippen LogP contribution is -2.43. The van der Waals surface area contributed by atoms with Gasteiger partial charge in [0.2, 0.25) is 0 Å². The Kier molecular flexibility index (Phi) is 9.83. The smallest absolute Gasteiger partial charge is 0.324 e. The molecule has 3 rings (SSSR count). The van der Waals surface area contributed by atoms with Crippen LogP contribution in [0.25, 0.3) is 0 Å². The Labute approximate surface area is 199 Å². The molecule has 3 aromatic rings. The van der Waals surface area contributed by atoms with E-state index >= 15 is 0 Å². The van der Waals surface area contributed by atoms with Gasteiger partial charge in [-0.15, -0.1) is 0 Å². The van der Waals surface area contributed by atoms with Crippen molar-refractivity contribution in [1.82, 2.24) is 10.6 Å². The fraction of sp³-hybridized carbons (Fsp3) is 0.222. The molecule has 7 nitrogen and oxygen atoms in total. The molecule has 2 N–H and O–H groups in total. The molecule has 0 bridgehead atoms. The van der Waals surface area contributed by atoms with Crippen molar-refractivity contribution in [2.75, 3.05) is 13.1 Å². The maximum absolute atomic E-state index is 12.7. The number of esters is 2. The molecule has 3 aromatic carbocycles. The highest BCUT2D eigenvalue weighted by Crippen LogP contribution is 2.07. The number of hydrogen-bond donors (Lipinski definition) is 2. The van der Waals surface area contributed by atoms with Crippen LogP contribution in [-0.2, 0) is 32.3 Å². The Balaban J connectivity index is 1.51. The zero-order valence-corrected chi connectivity index (χ0v) is 18.8. The van der Waals surface area contributed by atoms with Gasteiger partial charge in [0.15, 0.2) is 0 Å². The third kappa shape index (κ3) is 8.52. The average molecular weight is 461 g/mol. The first kappa shape index (κ1) is 24.7. The molecular weight excluding hydrogens is 432 g/mol. The summed E-state index contributed by atoms with van der Waals surface area (Å²) in [4.78, 5) is 37.3. The summed E-state index contributed by atoms with van der Waals surface area (Å²) in [7, 11) is 0. The van der Waals surface area contributed by atoms with E-state index in [1.807, 2.05) is 66.7 Å². The summed E-state index contributed by atoms with van der Waals surface area (Å²) in [5, 5.41) is 5.78. The van der Waals surface area contributed by atoms with E-state index in [2.05, 4.69) is 10.6 Å². The van der Waals surface area contributed by atoms with Crippen molar-refractivity contribution in [2.24, 2.45) is 0 Å². The topological polar surface area (TPSA) is 93.7 Å². The molecule has 0 spiro atoms. The van der Waals surface area contributed by atoms with Crippen LogP contribution in [0.5, 0.6) is 0 Å². The van der Waals surface area contributed by atoms with E-state index in [4.69, 9.17) is 9.47 Å². The molecule has 0 aliphatic heterocycles. The second-order valence-corrected chi connectivity index (χ2v) is 7.57. The number of amides is 1. The van der Waals surface area contributed by atoms with Crippen molar-refractivity contribution >= 4 is 17.8 Å². The van der Waals surface area contributed by atoms with Crippen LogP contribution in [0, 0.1) is 0 Å². The molecule has 0 saturated heterocycles. The summed E-state index contributed by atoms with van der Waals surface area (Å²) in [6.07, 6.45) is -0.187. The van der Waals surface area contributed by atoms with Gasteiger partial charge >= 0.3 is 11.9 Å². The first-order valence-corrected chi connectivity index (χ1v) is 11.1. The molecule has 0 saturated carbocycles. The van der Waals surface area contributed by atoms with E-state index in [-0.39, 0.29) is 38.6 Å². The lowest BCUT2D eigenvalue weighted by Gasteiger charge is -2.17. The minimum Gasteiger partial charge on any atom is -0.461 e. The van der Waals surface area contributed by atoms with Gasteiger partial charge in [-0.05, 0) is 23.3 Å². The van der Waals surface area contributed by atoms with Gasteiger partial charge in [0.1, 0.15) is 19.3 Å². The standard InChI is InChI=1S/C27H28N2O5/c30-25(33-19-21-10-4-1-5-11-21)18-24(27(32)34-20-22-12-6-2-7-13-22)28-16-17-29-26(31)23-14-8-3-9-15-23/h1-15,24,28H,16-20H2,(H,29,31)/t24-/m0/s1. The predicted molar refractivity (Wildman–Crippen MR) is 128 cm³/mol. The summed E-state index contributed by atoms with van der Waals surface area (Å²) < 4.78 is 10.7. The molecule has 0 fully saturated rings. The first-order chi connectivity index (χ1) is 16.6. The van der Waals surface area contributed by atoms with Gasteiger partial charge in [-0.3, -0.25) is 14.4 Å². The summed E-state index contributed by atoms with van der Waals surface area (Å²) in [5.41, 5.74) is 2.25. The molecule has 0 aliphatic carbocycles. The number of ether oxygens (including phenoxy) is 2. The summed E-state index contributed by atoms with van der Waals surface area (Å²) >= 11 is 0. The molecule has 7 heteroatoms. The van der Waals surface area contributed by atoms with Crippen molar-refractivity contribution in [3.8, 4) is 0 Å². The van der Waals surface area contributed by atoms with Gasteiger partial charge in [0, 0.05) is 18.7 Å². The number of carbonyl (C=O) groups excluding carboxylic acids is 3. The third-order valence-electron chi connectivity index (χ3n) is 4.96. The number of carbonyl (C=O) groups is 3. The fourth-order valence-electron chi connectivity index (χ4n) is 3.15. The largest absolute Gasteiger partial charge is 0.461 e. The quantitative estimate of drug-likeness (QED) is 0.318. The van der Waals surface area contributed by atoms with Gasteiger partial charge in [0.05, 0.1) is 6.42 Å². The Morgan fingerprint density at radius 2 is 1.21 bits per heavy atom. The maximum Gasteiger partial charge on any atom is 0.324 e. The van der Waals surface area contributed by atoms with Gasteiger partial charge < -0.3 is 20.1 Å². The Morgan fingerprint density at radius 3 is 1.79 bits per heavy atom. The lowest BCUT2D eigenvalue weighted by molar-refractivity contribution is -0.154. The highest BCUT2D eigenvalue weighted by Gasteiger charge is 2.24. The van der Waals surface area contributed by atoms with Crippen LogP contribution in [-0.4, -0.2) is 37.0 Å². The molecule has 0 radical (unpaired) electrons. The van der Waals surface area contributed by atoms with Crippen molar-refractivity contribution in [3.05, 3.63) is 108 Å². The monoisotopic (exact) mass is 460 g/mol. The maximum atomic E-state index is 12.7. The zero-order chi connectivity index (χ0) is 24.0. The molecule has 0 aromatic heterocycles.